The smallest absolute Gasteiger partial charge is 0.194 e. The van der Waals surface area contributed by atoms with Crippen molar-refractivity contribution in [2.24, 2.45) is 17.8 Å². The van der Waals surface area contributed by atoms with Gasteiger partial charge in [0, 0.05) is 5.56 Å². The van der Waals surface area contributed by atoms with Gasteiger partial charge >= 0.3 is 47.6 Å². The highest BCUT2D eigenvalue weighted by Gasteiger charge is 2.95. The zero-order valence-corrected chi connectivity index (χ0v) is 24.8. The molecule has 0 N–H and O–H groups in total. The van der Waals surface area contributed by atoms with Gasteiger partial charge < -0.3 is 0 Å². The summed E-state index contributed by atoms with van der Waals surface area (Å²) >= 11 is 0. The van der Waals surface area contributed by atoms with Crippen LogP contribution in [0.3, 0.4) is 0 Å². The van der Waals surface area contributed by atoms with E-state index in [2.05, 4.69) is 6.92 Å². The molecule has 0 nitrogen and oxygen atoms in total. The second-order valence-corrected chi connectivity index (χ2v) is 12.7. The molecule has 2 aliphatic carbocycles. The number of benzene rings is 1. The number of halogens is 17. The van der Waals surface area contributed by atoms with E-state index in [0.717, 1.165) is 63.0 Å². The Morgan fingerprint density at radius 1 is 0.447 bits per heavy atom. The maximum absolute atomic E-state index is 14.6. The number of hydrogen-bond acceptors (Lipinski definition) is 0. The van der Waals surface area contributed by atoms with Crippen molar-refractivity contribution >= 4 is 0 Å². The van der Waals surface area contributed by atoms with Crippen molar-refractivity contribution in [2.75, 3.05) is 0 Å². The first-order valence-electron chi connectivity index (χ1n) is 15.0. The fourth-order valence-corrected chi connectivity index (χ4v) is 6.49. The molecule has 3 rings (SSSR count). The predicted molar refractivity (Wildman–Crippen MR) is 136 cm³/mol. The largest absolute Gasteiger partial charge is 0.460 e. The van der Waals surface area contributed by atoms with Crippen molar-refractivity contribution < 1.29 is 74.6 Å². The third kappa shape index (κ3) is 6.66. The zero-order chi connectivity index (χ0) is 36.1. The average Bonchev–Trinajstić information content (AvgIpc) is 2.99. The van der Waals surface area contributed by atoms with Crippen molar-refractivity contribution in [2.45, 2.75) is 131 Å². The summed E-state index contributed by atoms with van der Waals surface area (Å²) in [5.41, 5.74) is -1.90. The molecule has 0 amide bonds. The molecule has 0 aromatic heterocycles. The molecular weight excluding hydrogens is 683 g/mol. The van der Waals surface area contributed by atoms with Gasteiger partial charge in [-0.3, -0.25) is 0 Å². The molecule has 2 fully saturated rings. The van der Waals surface area contributed by atoms with Crippen LogP contribution in [-0.2, 0) is 5.92 Å². The minimum atomic E-state index is -8.63. The van der Waals surface area contributed by atoms with Crippen LogP contribution in [-0.4, -0.2) is 41.7 Å². The minimum absolute atomic E-state index is 0.0980. The van der Waals surface area contributed by atoms with E-state index < -0.39 is 53.2 Å². The first-order chi connectivity index (χ1) is 21.2. The summed E-state index contributed by atoms with van der Waals surface area (Å²) in [7, 11) is 0. The van der Waals surface area contributed by atoms with E-state index in [0.29, 0.717) is 24.7 Å². The van der Waals surface area contributed by atoms with Gasteiger partial charge in [0.2, 0.25) is 0 Å². The third-order valence-corrected chi connectivity index (χ3v) is 9.84. The standard InChI is InChI=1S/C30H33F17/c1-2-17-3-5-18(6-4-17)7-8-19-9-11-20(12-10-19)21-13-15-22(16-14-21)23(31,32)24(33,34)25(35,36)26(37,38)27(39,40)28(41,42)29(43,44)30(45,46)47/h13-20H,2-12H2,1H3/t17-,18-,19-,20-. The van der Waals surface area contributed by atoms with Gasteiger partial charge in [-0.2, -0.15) is 74.6 Å². The first kappa shape index (κ1) is 39.5. The Kier molecular flexibility index (Phi) is 11.0. The van der Waals surface area contributed by atoms with Crippen molar-refractivity contribution in [3.63, 3.8) is 0 Å². The third-order valence-electron chi connectivity index (χ3n) is 9.84. The van der Waals surface area contributed by atoms with Crippen molar-refractivity contribution in [1.29, 1.82) is 0 Å². The van der Waals surface area contributed by atoms with E-state index in [1.54, 1.807) is 0 Å². The second-order valence-electron chi connectivity index (χ2n) is 12.7. The SMILES string of the molecule is CC[C@H]1CC[C@H](CC[C@H]2CC[C@H](c3ccc(C(F)(F)C(F)(F)C(F)(F)C(F)(F)C(F)(F)C(F)(F)C(F)(F)C(F)(F)F)cc3)CC2)CC1. The minimum Gasteiger partial charge on any atom is -0.194 e. The molecule has 47 heavy (non-hydrogen) atoms. The zero-order valence-electron chi connectivity index (χ0n) is 24.8. The van der Waals surface area contributed by atoms with Gasteiger partial charge in [-0.05, 0) is 54.9 Å². The van der Waals surface area contributed by atoms with Gasteiger partial charge in [-0.15, -0.1) is 0 Å². The average molecular weight is 717 g/mol. The Labute approximate surface area is 259 Å². The monoisotopic (exact) mass is 716 g/mol. The summed E-state index contributed by atoms with van der Waals surface area (Å²) < 4.78 is 231. The van der Waals surface area contributed by atoms with E-state index in [1.165, 1.54) is 12.8 Å². The Hall–Kier alpha value is -1.97. The highest BCUT2D eigenvalue weighted by molar-refractivity contribution is 5.31. The molecule has 0 aliphatic heterocycles. The Balaban J connectivity index is 1.73. The quantitative estimate of drug-likeness (QED) is 0.189. The molecule has 1 aromatic carbocycles. The van der Waals surface area contributed by atoms with E-state index >= 15 is 0 Å². The Morgan fingerprint density at radius 3 is 1.17 bits per heavy atom. The summed E-state index contributed by atoms with van der Waals surface area (Å²) in [4.78, 5) is 0. The molecule has 0 unspecified atom stereocenters. The van der Waals surface area contributed by atoms with Crippen LogP contribution in [0.25, 0.3) is 0 Å². The Bertz CT molecular complexity index is 1170. The Morgan fingerprint density at radius 2 is 0.787 bits per heavy atom. The highest BCUT2D eigenvalue weighted by Crippen LogP contribution is 2.65. The highest BCUT2D eigenvalue weighted by atomic mass is 19.4. The van der Waals surface area contributed by atoms with Gasteiger partial charge in [0.1, 0.15) is 0 Å². The van der Waals surface area contributed by atoms with E-state index in [-0.39, 0.29) is 23.6 Å². The number of hydrogen-bond donors (Lipinski definition) is 0. The molecule has 0 spiro atoms. The van der Waals surface area contributed by atoms with E-state index in [4.69, 9.17) is 0 Å². The molecule has 1 aromatic rings. The lowest BCUT2D eigenvalue weighted by Gasteiger charge is -2.42. The molecule has 2 saturated carbocycles. The topological polar surface area (TPSA) is 0 Å². The van der Waals surface area contributed by atoms with Gasteiger partial charge in [0.25, 0.3) is 0 Å². The summed E-state index contributed by atoms with van der Waals surface area (Å²) in [5.74, 6) is -55.0. The predicted octanol–water partition coefficient (Wildman–Crippen LogP) is 12.4. The lowest BCUT2D eigenvalue weighted by molar-refractivity contribution is -0.462. The van der Waals surface area contributed by atoms with Crippen LogP contribution in [0, 0.1) is 17.8 Å². The van der Waals surface area contributed by atoms with Crippen molar-refractivity contribution in [3.05, 3.63) is 35.4 Å². The normalized spacial score (nSPS) is 24.8. The van der Waals surface area contributed by atoms with E-state index in [1.807, 2.05) is 0 Å². The van der Waals surface area contributed by atoms with Crippen LogP contribution in [0.4, 0.5) is 74.6 Å². The van der Waals surface area contributed by atoms with Crippen LogP contribution >= 0.6 is 0 Å². The molecule has 0 radical (unpaired) electrons. The summed E-state index contributed by atoms with van der Waals surface area (Å²) in [6, 6.07) is 1.75. The number of alkyl halides is 17. The van der Waals surface area contributed by atoms with Gasteiger partial charge in [0.05, 0.1) is 0 Å². The van der Waals surface area contributed by atoms with Crippen LogP contribution in [0.15, 0.2) is 24.3 Å². The van der Waals surface area contributed by atoms with Crippen LogP contribution < -0.4 is 0 Å². The fourth-order valence-electron chi connectivity index (χ4n) is 6.49. The summed E-state index contributed by atoms with van der Waals surface area (Å²) in [6.07, 6.45) is 2.67. The molecule has 0 bridgehead atoms. The van der Waals surface area contributed by atoms with Gasteiger partial charge in [-0.25, -0.2) is 0 Å². The second kappa shape index (κ2) is 13.1. The molecule has 0 heterocycles. The van der Waals surface area contributed by atoms with E-state index in [9.17, 15) is 74.6 Å². The number of rotatable bonds is 12. The maximum atomic E-state index is 14.6. The molecular formula is C30H33F17. The summed E-state index contributed by atoms with van der Waals surface area (Å²) in [5, 5.41) is 0. The molecule has 272 valence electrons. The van der Waals surface area contributed by atoms with Gasteiger partial charge in [0.15, 0.2) is 0 Å². The van der Waals surface area contributed by atoms with Crippen LogP contribution in [0.2, 0.25) is 0 Å². The van der Waals surface area contributed by atoms with Gasteiger partial charge in [-0.1, -0.05) is 76.1 Å². The molecule has 2 aliphatic rings. The molecule has 17 heteroatoms. The van der Waals surface area contributed by atoms with Crippen LogP contribution in [0.1, 0.15) is 94.6 Å². The maximum Gasteiger partial charge on any atom is 0.460 e. The fraction of sp³-hybridized carbons (Fsp3) is 0.800. The molecule has 0 saturated heterocycles. The lowest BCUT2D eigenvalue weighted by Crippen LogP contribution is -2.74. The lowest BCUT2D eigenvalue weighted by atomic mass is 9.74. The molecule has 0 atom stereocenters. The van der Waals surface area contributed by atoms with Crippen molar-refractivity contribution in [3.8, 4) is 0 Å². The van der Waals surface area contributed by atoms with Crippen LogP contribution in [0.5, 0.6) is 0 Å². The summed E-state index contributed by atoms with van der Waals surface area (Å²) in [6.45, 7) is 2.16. The van der Waals surface area contributed by atoms with Crippen molar-refractivity contribution in [1.82, 2.24) is 0 Å². The first-order valence-corrected chi connectivity index (χ1v) is 15.0.